The maximum absolute atomic E-state index is 6.13. The number of aryl methyl sites for hydroxylation is 1. The molecule has 22 heavy (non-hydrogen) atoms. The van der Waals surface area contributed by atoms with Crippen molar-refractivity contribution in [3.63, 3.8) is 0 Å². The molecule has 0 unspecified atom stereocenters. The molecular weight excluding hydrogens is 319 g/mol. The van der Waals surface area contributed by atoms with Gasteiger partial charge in [0.15, 0.2) is 0 Å². The van der Waals surface area contributed by atoms with Gasteiger partial charge in [0.05, 0.1) is 15.6 Å². The van der Waals surface area contributed by atoms with Gasteiger partial charge < -0.3 is 5.73 Å². The zero-order valence-electron chi connectivity index (χ0n) is 12.0. The van der Waals surface area contributed by atoms with Crippen LogP contribution >= 0.6 is 23.2 Å². The van der Waals surface area contributed by atoms with E-state index in [9.17, 15) is 0 Å². The van der Waals surface area contributed by atoms with E-state index in [4.69, 9.17) is 34.0 Å². The lowest BCUT2D eigenvalue weighted by Crippen LogP contribution is -2.04. The maximum atomic E-state index is 6.13. The lowest BCUT2D eigenvalue weighted by Gasteiger charge is -2.02. The first-order valence-corrected chi connectivity index (χ1v) is 7.92. The molecule has 4 nitrogen and oxygen atoms in total. The summed E-state index contributed by atoms with van der Waals surface area (Å²) in [5.41, 5.74) is 8.43. The molecule has 3 rings (SSSR count). The molecule has 2 N–H and O–H groups in total. The summed E-state index contributed by atoms with van der Waals surface area (Å²) in [4.78, 5) is 4.22. The van der Waals surface area contributed by atoms with E-state index in [0.717, 1.165) is 41.5 Å². The van der Waals surface area contributed by atoms with Gasteiger partial charge in [-0.1, -0.05) is 29.3 Å². The first-order chi connectivity index (χ1) is 10.7. The van der Waals surface area contributed by atoms with Crippen LogP contribution in [0.5, 0.6) is 0 Å². The quantitative estimate of drug-likeness (QED) is 0.713. The second kappa shape index (κ2) is 6.65. The number of pyridine rings is 1. The highest BCUT2D eigenvalue weighted by Gasteiger charge is 2.13. The van der Waals surface area contributed by atoms with Gasteiger partial charge in [0.1, 0.15) is 5.69 Å². The van der Waals surface area contributed by atoms with Crippen LogP contribution in [-0.2, 0) is 6.54 Å². The van der Waals surface area contributed by atoms with E-state index in [1.165, 1.54) is 0 Å². The van der Waals surface area contributed by atoms with Crippen LogP contribution in [0.2, 0.25) is 10.0 Å². The number of hydrogen-bond donors (Lipinski definition) is 1. The fraction of sp³-hybridized carbons (Fsp3) is 0.250. The number of fused-ring (bicyclic) bond motifs is 1. The molecule has 0 spiro atoms. The highest BCUT2D eigenvalue weighted by molar-refractivity contribution is 6.42. The van der Waals surface area contributed by atoms with Gasteiger partial charge in [0, 0.05) is 29.9 Å². The van der Waals surface area contributed by atoms with Gasteiger partial charge in [0.25, 0.3) is 0 Å². The molecule has 2 heterocycles. The normalized spacial score (nSPS) is 11.2. The lowest BCUT2D eigenvalue weighted by atomic mass is 10.1. The Labute approximate surface area is 138 Å². The largest absolute Gasteiger partial charge is 0.330 e. The van der Waals surface area contributed by atoms with Crippen LogP contribution in [0, 0.1) is 0 Å². The minimum Gasteiger partial charge on any atom is -0.330 e. The van der Waals surface area contributed by atoms with E-state index >= 15 is 0 Å². The van der Waals surface area contributed by atoms with Gasteiger partial charge in [-0.15, -0.1) is 0 Å². The summed E-state index contributed by atoms with van der Waals surface area (Å²) in [6, 6.07) is 7.52. The summed E-state index contributed by atoms with van der Waals surface area (Å²) in [6.45, 7) is 1.53. The number of nitrogens with zero attached hydrogens (tertiary/aromatic N) is 3. The van der Waals surface area contributed by atoms with Crippen molar-refractivity contribution in [1.82, 2.24) is 14.8 Å². The molecule has 0 aliphatic heterocycles. The van der Waals surface area contributed by atoms with Crippen LogP contribution in [-0.4, -0.2) is 21.3 Å². The topological polar surface area (TPSA) is 56.7 Å². The van der Waals surface area contributed by atoms with E-state index in [1.54, 1.807) is 12.3 Å². The van der Waals surface area contributed by atoms with E-state index in [-0.39, 0.29) is 0 Å². The number of hydrogen-bond acceptors (Lipinski definition) is 3. The Kier molecular flexibility index (Phi) is 4.62. The first kappa shape index (κ1) is 15.3. The van der Waals surface area contributed by atoms with Gasteiger partial charge in [0.2, 0.25) is 0 Å². The van der Waals surface area contributed by atoms with Crippen LogP contribution < -0.4 is 5.73 Å². The molecule has 0 amide bonds. The lowest BCUT2D eigenvalue weighted by molar-refractivity contribution is 0.578. The molecular formula is C16H16Cl2N4. The Morgan fingerprint density at radius 1 is 1.09 bits per heavy atom. The summed E-state index contributed by atoms with van der Waals surface area (Å²) in [6.07, 6.45) is 5.59. The fourth-order valence-electron chi connectivity index (χ4n) is 2.46. The van der Waals surface area contributed by atoms with Crippen LogP contribution in [0.4, 0.5) is 0 Å². The molecule has 0 bridgehead atoms. The van der Waals surface area contributed by atoms with Gasteiger partial charge >= 0.3 is 0 Å². The standard InChI is InChI=1S/C16H16Cl2N4/c17-13-4-3-11(9-14(13)18)16-12-10-20-7-5-15(12)22(21-16)8-2-1-6-19/h3-5,7,9-10H,1-2,6,8,19H2. The molecule has 6 heteroatoms. The van der Waals surface area contributed by atoms with Gasteiger partial charge in [-0.3, -0.25) is 9.67 Å². The molecule has 0 atom stereocenters. The van der Waals surface area contributed by atoms with Crippen molar-refractivity contribution >= 4 is 34.1 Å². The van der Waals surface area contributed by atoms with E-state index in [1.807, 2.05) is 29.1 Å². The number of halogens is 2. The van der Waals surface area contributed by atoms with Crippen LogP contribution in [0.1, 0.15) is 12.8 Å². The SMILES string of the molecule is NCCCCn1nc(-c2ccc(Cl)c(Cl)c2)c2cnccc21. The molecule has 3 aromatic rings. The van der Waals surface area contributed by atoms with Crippen molar-refractivity contribution in [1.29, 1.82) is 0 Å². The monoisotopic (exact) mass is 334 g/mol. The van der Waals surface area contributed by atoms with Crippen molar-refractivity contribution in [2.45, 2.75) is 19.4 Å². The molecule has 2 aromatic heterocycles. The van der Waals surface area contributed by atoms with E-state index < -0.39 is 0 Å². The maximum Gasteiger partial charge on any atom is 0.102 e. The number of nitrogens with two attached hydrogens (primary N) is 1. The summed E-state index contributed by atoms with van der Waals surface area (Å²) < 4.78 is 2.00. The number of aromatic nitrogens is 3. The summed E-state index contributed by atoms with van der Waals surface area (Å²) >= 11 is 12.1. The number of benzene rings is 1. The molecule has 114 valence electrons. The van der Waals surface area contributed by atoms with Gasteiger partial charge in [-0.2, -0.15) is 5.10 Å². The molecule has 0 saturated heterocycles. The van der Waals surface area contributed by atoms with Crippen molar-refractivity contribution in [3.8, 4) is 11.3 Å². The van der Waals surface area contributed by atoms with Crippen LogP contribution in [0.3, 0.4) is 0 Å². The Balaban J connectivity index is 2.07. The molecule has 1 aromatic carbocycles. The summed E-state index contributed by atoms with van der Waals surface area (Å²) in [7, 11) is 0. The fourth-order valence-corrected chi connectivity index (χ4v) is 2.75. The van der Waals surface area contributed by atoms with E-state index in [0.29, 0.717) is 16.6 Å². The number of unbranched alkanes of at least 4 members (excludes halogenated alkanes) is 1. The minimum absolute atomic E-state index is 0.522. The van der Waals surface area contributed by atoms with Gasteiger partial charge in [-0.05, 0) is 37.6 Å². The van der Waals surface area contributed by atoms with Crippen molar-refractivity contribution < 1.29 is 0 Å². The average molecular weight is 335 g/mol. The third-order valence-corrected chi connectivity index (χ3v) is 4.31. The predicted molar refractivity (Wildman–Crippen MR) is 91.3 cm³/mol. The molecule has 0 saturated carbocycles. The Hall–Kier alpha value is -1.62. The van der Waals surface area contributed by atoms with Crippen molar-refractivity contribution in [3.05, 3.63) is 46.7 Å². The summed E-state index contributed by atoms with van der Waals surface area (Å²) in [5.74, 6) is 0. The third-order valence-electron chi connectivity index (χ3n) is 3.57. The summed E-state index contributed by atoms with van der Waals surface area (Å²) in [5, 5.41) is 6.80. The van der Waals surface area contributed by atoms with Crippen LogP contribution in [0.25, 0.3) is 22.2 Å². The molecule has 0 fully saturated rings. The van der Waals surface area contributed by atoms with E-state index in [2.05, 4.69) is 4.98 Å². The van der Waals surface area contributed by atoms with Crippen molar-refractivity contribution in [2.75, 3.05) is 6.54 Å². The average Bonchev–Trinajstić information content (AvgIpc) is 2.90. The predicted octanol–water partition coefficient (Wildman–Crippen LogP) is 4.14. The highest BCUT2D eigenvalue weighted by atomic mass is 35.5. The Morgan fingerprint density at radius 2 is 1.95 bits per heavy atom. The second-order valence-electron chi connectivity index (χ2n) is 5.09. The zero-order valence-corrected chi connectivity index (χ0v) is 13.5. The Bertz CT molecular complexity index is 798. The molecule has 0 aliphatic carbocycles. The van der Waals surface area contributed by atoms with Gasteiger partial charge in [-0.25, -0.2) is 0 Å². The first-order valence-electron chi connectivity index (χ1n) is 7.16. The number of rotatable bonds is 5. The van der Waals surface area contributed by atoms with Crippen molar-refractivity contribution in [2.24, 2.45) is 5.73 Å². The smallest absolute Gasteiger partial charge is 0.102 e. The zero-order chi connectivity index (χ0) is 15.5. The van der Waals surface area contributed by atoms with Crippen LogP contribution in [0.15, 0.2) is 36.7 Å². The Morgan fingerprint density at radius 3 is 2.73 bits per heavy atom. The third kappa shape index (κ3) is 2.95. The molecule has 0 radical (unpaired) electrons. The minimum atomic E-state index is 0.522. The second-order valence-corrected chi connectivity index (χ2v) is 5.90. The highest BCUT2D eigenvalue weighted by Crippen LogP contribution is 2.32. The molecule has 0 aliphatic rings.